The van der Waals surface area contributed by atoms with Crippen molar-refractivity contribution in [1.29, 1.82) is 5.26 Å². The van der Waals surface area contributed by atoms with E-state index < -0.39 is 17.7 Å². The first-order valence-corrected chi connectivity index (χ1v) is 6.76. The first-order valence-electron chi connectivity index (χ1n) is 6.76. The molecule has 0 saturated heterocycles. The zero-order valence-corrected chi connectivity index (χ0v) is 12.6. The van der Waals surface area contributed by atoms with Gasteiger partial charge in [0.25, 0.3) is 0 Å². The largest absolute Gasteiger partial charge is 0.485 e. The van der Waals surface area contributed by atoms with Gasteiger partial charge >= 0.3 is 0 Å². The number of fused-ring (bicyclic) bond motifs is 1. The Labute approximate surface area is 128 Å². The van der Waals surface area contributed by atoms with Crippen molar-refractivity contribution >= 4 is 11.7 Å². The highest BCUT2D eigenvalue weighted by molar-refractivity contribution is 5.94. The second-order valence-corrected chi connectivity index (χ2v) is 5.66. The summed E-state index contributed by atoms with van der Waals surface area (Å²) in [7, 11) is 0. The van der Waals surface area contributed by atoms with Crippen molar-refractivity contribution in [3.63, 3.8) is 0 Å². The number of ketones is 1. The predicted octanol–water partition coefficient (Wildman–Crippen LogP) is 0.848. The molecule has 0 radical (unpaired) electrons. The summed E-state index contributed by atoms with van der Waals surface area (Å²) in [5, 5.41) is 21.3. The number of guanidine groups is 1. The number of benzene rings is 1. The average molecular weight is 302 g/mol. The predicted molar refractivity (Wildman–Crippen MR) is 80.3 cm³/mol. The Kier molecular flexibility index (Phi) is 4.06. The van der Waals surface area contributed by atoms with E-state index in [2.05, 4.69) is 10.3 Å². The fraction of sp³-hybridized carbons (Fsp3) is 0.400. The van der Waals surface area contributed by atoms with E-state index in [-0.39, 0.29) is 11.7 Å². The zero-order valence-electron chi connectivity index (χ0n) is 12.6. The van der Waals surface area contributed by atoms with Crippen molar-refractivity contribution in [3.05, 3.63) is 29.3 Å². The van der Waals surface area contributed by atoms with E-state index in [4.69, 9.17) is 15.7 Å². The average Bonchev–Trinajstić information content (AvgIpc) is 2.43. The molecule has 1 aliphatic heterocycles. The third-order valence-electron chi connectivity index (χ3n) is 3.58. The van der Waals surface area contributed by atoms with E-state index in [1.807, 2.05) is 0 Å². The van der Waals surface area contributed by atoms with Crippen LogP contribution in [-0.2, 0) is 0 Å². The van der Waals surface area contributed by atoms with E-state index in [0.29, 0.717) is 16.9 Å². The number of aliphatic hydroxyl groups is 1. The Morgan fingerprint density at radius 2 is 2.23 bits per heavy atom. The van der Waals surface area contributed by atoms with Crippen LogP contribution in [0.5, 0.6) is 5.75 Å². The van der Waals surface area contributed by atoms with Gasteiger partial charge in [0.2, 0.25) is 5.96 Å². The highest BCUT2D eigenvalue weighted by Crippen LogP contribution is 2.42. The summed E-state index contributed by atoms with van der Waals surface area (Å²) in [5.41, 5.74) is 5.78. The van der Waals surface area contributed by atoms with Crippen molar-refractivity contribution in [3.8, 4) is 11.9 Å². The van der Waals surface area contributed by atoms with Crippen LogP contribution < -0.4 is 15.8 Å². The highest BCUT2D eigenvalue weighted by Gasteiger charge is 2.43. The number of nitrogens with zero attached hydrogens (tertiary/aromatic N) is 2. The van der Waals surface area contributed by atoms with Crippen LogP contribution in [0.1, 0.15) is 42.7 Å². The topological polar surface area (TPSA) is 121 Å². The summed E-state index contributed by atoms with van der Waals surface area (Å²) >= 11 is 0. The number of aliphatic imine (C=N–C) groups is 1. The normalized spacial score (nSPS) is 23.0. The molecular formula is C15H18N4O3. The summed E-state index contributed by atoms with van der Waals surface area (Å²) in [5.74, 6) is 0.315. The summed E-state index contributed by atoms with van der Waals surface area (Å²) in [4.78, 5) is 15.7. The Bertz CT molecular complexity index is 676. The molecule has 22 heavy (non-hydrogen) atoms. The number of hydrogen-bond donors (Lipinski definition) is 3. The monoisotopic (exact) mass is 302 g/mol. The van der Waals surface area contributed by atoms with Crippen molar-refractivity contribution in [2.75, 3.05) is 0 Å². The summed E-state index contributed by atoms with van der Waals surface area (Å²) in [6, 6.07) is 4.23. The molecule has 7 nitrogen and oxygen atoms in total. The van der Waals surface area contributed by atoms with Gasteiger partial charge in [-0.1, -0.05) is 0 Å². The van der Waals surface area contributed by atoms with Crippen LogP contribution in [0, 0.1) is 11.5 Å². The highest BCUT2D eigenvalue weighted by atomic mass is 16.5. The third-order valence-corrected chi connectivity index (χ3v) is 3.58. The van der Waals surface area contributed by atoms with Gasteiger partial charge in [-0.3, -0.25) is 10.1 Å². The fourth-order valence-electron chi connectivity index (χ4n) is 2.37. The van der Waals surface area contributed by atoms with Gasteiger partial charge in [0, 0.05) is 11.1 Å². The minimum atomic E-state index is -0.985. The van der Waals surface area contributed by atoms with Crippen LogP contribution in [0.3, 0.4) is 0 Å². The van der Waals surface area contributed by atoms with Crippen LogP contribution in [0.2, 0.25) is 0 Å². The second kappa shape index (κ2) is 5.66. The zero-order chi connectivity index (χ0) is 16.5. The van der Waals surface area contributed by atoms with Crippen LogP contribution in [0.15, 0.2) is 23.2 Å². The molecule has 1 heterocycles. The maximum absolute atomic E-state index is 11.6. The van der Waals surface area contributed by atoms with Crippen molar-refractivity contribution < 1.29 is 14.6 Å². The quantitative estimate of drug-likeness (QED) is 0.245. The molecule has 2 unspecified atom stereocenters. The summed E-state index contributed by atoms with van der Waals surface area (Å²) in [6.45, 7) is 4.92. The number of hydrogen-bond acceptors (Lipinski definition) is 5. The number of carbonyl (C=O) groups is 1. The van der Waals surface area contributed by atoms with E-state index in [9.17, 15) is 9.90 Å². The van der Waals surface area contributed by atoms with Gasteiger partial charge in [-0.15, -0.1) is 0 Å². The fourth-order valence-corrected chi connectivity index (χ4v) is 2.37. The molecular weight excluding hydrogens is 284 g/mol. The van der Waals surface area contributed by atoms with E-state index >= 15 is 0 Å². The van der Waals surface area contributed by atoms with Crippen molar-refractivity contribution in [2.45, 2.75) is 38.5 Å². The van der Waals surface area contributed by atoms with Crippen LogP contribution in [0.25, 0.3) is 0 Å². The molecule has 7 heteroatoms. The molecule has 0 saturated carbocycles. The molecule has 1 aromatic carbocycles. The van der Waals surface area contributed by atoms with Gasteiger partial charge in [0.05, 0.1) is 0 Å². The molecule has 2 atom stereocenters. The number of ether oxygens (including phenoxy) is 1. The molecule has 2 rings (SSSR count). The molecule has 116 valence electrons. The van der Waals surface area contributed by atoms with Crippen LogP contribution in [0.4, 0.5) is 0 Å². The van der Waals surface area contributed by atoms with E-state index in [0.717, 1.165) is 0 Å². The maximum Gasteiger partial charge on any atom is 0.202 e. The van der Waals surface area contributed by atoms with Gasteiger partial charge in [0.1, 0.15) is 23.5 Å². The Morgan fingerprint density at radius 1 is 1.55 bits per heavy atom. The van der Waals surface area contributed by atoms with Crippen molar-refractivity contribution in [2.24, 2.45) is 10.7 Å². The lowest BCUT2D eigenvalue weighted by molar-refractivity contribution is -0.0567. The first-order chi connectivity index (χ1) is 10.3. The van der Waals surface area contributed by atoms with Gasteiger partial charge < -0.3 is 15.6 Å². The van der Waals surface area contributed by atoms with Gasteiger partial charge in [-0.05, 0) is 39.0 Å². The summed E-state index contributed by atoms with van der Waals surface area (Å²) in [6.07, 6.45) is 0.688. The number of aliphatic hydroxyl groups excluding tert-OH is 1. The van der Waals surface area contributed by atoms with Gasteiger partial charge in [-0.25, -0.2) is 4.99 Å². The minimum absolute atomic E-state index is 0.104. The molecule has 0 bridgehead atoms. The molecule has 1 aromatic rings. The van der Waals surface area contributed by atoms with Crippen molar-refractivity contribution in [1.82, 2.24) is 5.32 Å². The number of carbonyl (C=O) groups excluding carboxylic acids is 1. The van der Waals surface area contributed by atoms with Gasteiger partial charge in [0.15, 0.2) is 12.0 Å². The molecule has 0 amide bonds. The Hall–Kier alpha value is -2.59. The number of nitrogens with one attached hydrogen (secondary N) is 1. The van der Waals surface area contributed by atoms with E-state index in [1.165, 1.54) is 6.92 Å². The number of Topliss-reactive ketones (excluding diaryl/α,β-unsaturated/α-hetero) is 1. The molecule has 0 aromatic heterocycles. The third kappa shape index (κ3) is 2.87. The van der Waals surface area contributed by atoms with E-state index in [1.54, 1.807) is 38.2 Å². The number of rotatable bonds is 2. The standard InChI is InChI=1S/C15H18N4O3/c1-8(20)9-4-5-11-10(6-9)12(19-14(17)18-7-16)13(21)15(2,3)22-11/h4-6,12-13,21H,1-3H3,(H3,17,18,19). The molecule has 0 fully saturated rings. The number of nitriles is 1. The lowest BCUT2D eigenvalue weighted by Crippen LogP contribution is -2.49. The second-order valence-electron chi connectivity index (χ2n) is 5.66. The first kappa shape index (κ1) is 15.8. The molecule has 0 aliphatic carbocycles. The smallest absolute Gasteiger partial charge is 0.202 e. The number of nitrogens with two attached hydrogens (primary N) is 1. The lowest BCUT2D eigenvalue weighted by atomic mass is 9.86. The van der Waals surface area contributed by atoms with Gasteiger partial charge in [-0.2, -0.15) is 5.26 Å². The Morgan fingerprint density at radius 3 is 2.82 bits per heavy atom. The van der Waals surface area contributed by atoms with Crippen LogP contribution >= 0.6 is 0 Å². The lowest BCUT2D eigenvalue weighted by Gasteiger charge is -2.40. The summed E-state index contributed by atoms with van der Waals surface area (Å²) < 4.78 is 5.78. The minimum Gasteiger partial charge on any atom is -0.485 e. The maximum atomic E-state index is 11.6. The Balaban J connectivity index is 2.56. The SMILES string of the molecule is CC(=O)c1ccc2c(c1)C(N=C(N)NC#N)C(O)C(C)(C)O2. The molecule has 4 N–H and O–H groups in total. The van der Waals surface area contributed by atoms with Crippen LogP contribution in [-0.4, -0.2) is 28.6 Å². The molecule has 0 spiro atoms. The molecule has 1 aliphatic rings.